The van der Waals surface area contributed by atoms with E-state index in [-0.39, 0.29) is 10.8 Å². The largest absolute Gasteiger partial charge is 0.292 e. The van der Waals surface area contributed by atoms with E-state index in [4.69, 9.17) is 4.98 Å². The van der Waals surface area contributed by atoms with Crippen LogP contribution in [0.4, 0.5) is 0 Å². The zero-order chi connectivity index (χ0) is 20.4. The number of hydrogen-bond donors (Lipinski definition) is 0. The van der Waals surface area contributed by atoms with E-state index in [2.05, 4.69) is 91.8 Å². The van der Waals surface area contributed by atoms with Gasteiger partial charge in [0.15, 0.2) is 0 Å². The molecule has 5 rings (SSSR count). The number of imidazole rings is 1. The highest BCUT2D eigenvalue weighted by atomic mass is 15.1. The number of aryl methyl sites for hydroxylation is 1. The van der Waals surface area contributed by atoms with Crippen molar-refractivity contribution in [1.82, 2.24) is 14.5 Å². The van der Waals surface area contributed by atoms with Gasteiger partial charge in [-0.3, -0.25) is 9.55 Å². The number of benzene rings is 2. The molecule has 29 heavy (non-hydrogen) atoms. The molecule has 2 aromatic carbocycles. The Morgan fingerprint density at radius 3 is 2.31 bits per heavy atom. The van der Waals surface area contributed by atoms with Crippen molar-refractivity contribution in [2.75, 3.05) is 0 Å². The van der Waals surface area contributed by atoms with Crippen molar-refractivity contribution in [2.45, 2.75) is 51.9 Å². The first kappa shape index (κ1) is 18.1. The van der Waals surface area contributed by atoms with Gasteiger partial charge in [0.25, 0.3) is 0 Å². The van der Waals surface area contributed by atoms with Crippen LogP contribution in [0.15, 0.2) is 60.8 Å². The van der Waals surface area contributed by atoms with Crippen LogP contribution < -0.4 is 0 Å². The van der Waals surface area contributed by atoms with Crippen LogP contribution in [0.1, 0.15) is 50.9 Å². The Hall–Kier alpha value is -2.94. The number of para-hydroxylation sites is 1. The third kappa shape index (κ3) is 2.71. The van der Waals surface area contributed by atoms with Crippen LogP contribution >= 0.6 is 0 Å². The van der Waals surface area contributed by atoms with E-state index in [1.807, 2.05) is 13.1 Å². The molecule has 3 heteroatoms. The Kier molecular flexibility index (Phi) is 3.76. The minimum Gasteiger partial charge on any atom is -0.292 e. The second kappa shape index (κ2) is 6.03. The number of fused-ring (bicyclic) bond motifs is 3. The molecule has 0 atom stereocenters. The molecule has 0 bridgehead atoms. The number of hydrogen-bond acceptors (Lipinski definition) is 2. The number of nitrogens with zero attached hydrogens (tertiary/aromatic N) is 3. The lowest BCUT2D eigenvalue weighted by Gasteiger charge is -2.23. The van der Waals surface area contributed by atoms with Crippen molar-refractivity contribution in [3.63, 3.8) is 0 Å². The first-order chi connectivity index (χ1) is 13.8. The van der Waals surface area contributed by atoms with Crippen LogP contribution in [0.25, 0.3) is 28.1 Å². The second-order valence-electron chi connectivity index (χ2n) is 9.60. The summed E-state index contributed by atoms with van der Waals surface area (Å²) in [6.45, 7) is 11.5. The predicted molar refractivity (Wildman–Crippen MR) is 120 cm³/mol. The van der Waals surface area contributed by atoms with Crippen molar-refractivity contribution in [3.8, 4) is 17.1 Å². The zero-order valence-electron chi connectivity index (χ0n) is 17.8. The summed E-state index contributed by atoms with van der Waals surface area (Å²) in [7, 11) is 0. The molecule has 0 amide bonds. The smallest absolute Gasteiger partial charge is 0.147 e. The van der Waals surface area contributed by atoms with Gasteiger partial charge in [-0.25, -0.2) is 4.98 Å². The van der Waals surface area contributed by atoms with Gasteiger partial charge in [-0.05, 0) is 65.6 Å². The molecule has 0 fully saturated rings. The molecular weight excluding hydrogens is 354 g/mol. The summed E-state index contributed by atoms with van der Waals surface area (Å²) in [5.74, 6) is 0.951. The lowest BCUT2D eigenvalue weighted by Crippen LogP contribution is -2.18. The fourth-order valence-corrected chi connectivity index (χ4v) is 5.33. The standard InChI is InChI=1S/C26H27N3/c1-17-11-12-18(15-27-17)24-28-21-14-13-20-22(26(4,5)16-25(20,2)3)23(21)29(24)19-9-7-6-8-10-19/h6-15H,16H2,1-5H3. The lowest BCUT2D eigenvalue weighted by atomic mass is 9.82. The zero-order valence-corrected chi connectivity index (χ0v) is 17.8. The van der Waals surface area contributed by atoms with E-state index in [0.717, 1.165) is 34.7 Å². The van der Waals surface area contributed by atoms with Crippen LogP contribution in [0.3, 0.4) is 0 Å². The minimum atomic E-state index is 0.0910. The Labute approximate surface area is 172 Å². The quantitative estimate of drug-likeness (QED) is 0.405. The third-order valence-electron chi connectivity index (χ3n) is 6.29. The van der Waals surface area contributed by atoms with Gasteiger partial charge in [0, 0.05) is 23.1 Å². The molecule has 0 saturated carbocycles. The Morgan fingerprint density at radius 2 is 1.62 bits per heavy atom. The maximum atomic E-state index is 5.10. The average Bonchev–Trinajstić information content (AvgIpc) is 3.15. The normalized spacial score (nSPS) is 16.9. The third-order valence-corrected chi connectivity index (χ3v) is 6.29. The van der Waals surface area contributed by atoms with Crippen LogP contribution in [0.5, 0.6) is 0 Å². The second-order valence-corrected chi connectivity index (χ2v) is 9.60. The van der Waals surface area contributed by atoms with Gasteiger partial charge in [0.1, 0.15) is 5.82 Å². The van der Waals surface area contributed by atoms with Gasteiger partial charge in [-0.15, -0.1) is 0 Å². The van der Waals surface area contributed by atoms with Crippen LogP contribution in [-0.2, 0) is 10.8 Å². The average molecular weight is 382 g/mol. The van der Waals surface area contributed by atoms with Crippen molar-refractivity contribution in [2.24, 2.45) is 0 Å². The van der Waals surface area contributed by atoms with E-state index < -0.39 is 0 Å². The molecule has 0 saturated heterocycles. The maximum Gasteiger partial charge on any atom is 0.147 e. The van der Waals surface area contributed by atoms with Crippen molar-refractivity contribution in [1.29, 1.82) is 0 Å². The van der Waals surface area contributed by atoms with E-state index in [9.17, 15) is 0 Å². The van der Waals surface area contributed by atoms with E-state index in [1.165, 1.54) is 16.6 Å². The number of rotatable bonds is 2. The maximum absolute atomic E-state index is 5.10. The summed E-state index contributed by atoms with van der Waals surface area (Å²) in [5.41, 5.74) is 8.61. The SMILES string of the molecule is Cc1ccc(-c2nc3ccc4c(c3n2-c2ccccc2)C(C)(C)CC4(C)C)cn1. The molecular formula is C26H27N3. The number of aromatic nitrogens is 3. The Morgan fingerprint density at radius 1 is 0.862 bits per heavy atom. The fraction of sp³-hybridized carbons (Fsp3) is 0.308. The molecule has 2 aromatic heterocycles. The first-order valence-corrected chi connectivity index (χ1v) is 10.3. The Bertz CT molecular complexity index is 1210. The number of pyridine rings is 1. The van der Waals surface area contributed by atoms with Gasteiger partial charge in [-0.2, -0.15) is 0 Å². The van der Waals surface area contributed by atoms with Gasteiger partial charge >= 0.3 is 0 Å². The van der Waals surface area contributed by atoms with E-state index in [1.54, 1.807) is 0 Å². The molecule has 3 nitrogen and oxygen atoms in total. The summed E-state index contributed by atoms with van der Waals surface area (Å²) in [4.78, 5) is 9.63. The molecule has 0 N–H and O–H groups in total. The lowest BCUT2D eigenvalue weighted by molar-refractivity contribution is 0.404. The summed E-state index contributed by atoms with van der Waals surface area (Å²) < 4.78 is 2.34. The molecule has 0 unspecified atom stereocenters. The van der Waals surface area contributed by atoms with Gasteiger partial charge in [0.2, 0.25) is 0 Å². The predicted octanol–water partition coefficient (Wildman–Crippen LogP) is 6.35. The fourth-order valence-electron chi connectivity index (χ4n) is 5.33. The molecule has 146 valence electrons. The molecule has 0 spiro atoms. The van der Waals surface area contributed by atoms with Crippen molar-refractivity contribution >= 4 is 11.0 Å². The van der Waals surface area contributed by atoms with Crippen molar-refractivity contribution in [3.05, 3.63) is 77.6 Å². The summed E-state index contributed by atoms with van der Waals surface area (Å²) in [5, 5.41) is 0. The minimum absolute atomic E-state index is 0.0910. The first-order valence-electron chi connectivity index (χ1n) is 10.3. The summed E-state index contributed by atoms with van der Waals surface area (Å²) >= 11 is 0. The molecule has 1 aliphatic rings. The topological polar surface area (TPSA) is 30.7 Å². The van der Waals surface area contributed by atoms with Crippen LogP contribution in [0.2, 0.25) is 0 Å². The van der Waals surface area contributed by atoms with Crippen LogP contribution in [-0.4, -0.2) is 14.5 Å². The van der Waals surface area contributed by atoms with Gasteiger partial charge in [-0.1, -0.05) is 52.0 Å². The van der Waals surface area contributed by atoms with Crippen LogP contribution in [0, 0.1) is 6.92 Å². The van der Waals surface area contributed by atoms with E-state index in [0.29, 0.717) is 0 Å². The molecule has 1 aliphatic carbocycles. The summed E-state index contributed by atoms with van der Waals surface area (Å²) in [6.07, 6.45) is 3.07. The highest BCUT2D eigenvalue weighted by molar-refractivity contribution is 5.89. The van der Waals surface area contributed by atoms with E-state index >= 15 is 0 Å². The molecule has 2 heterocycles. The highest BCUT2D eigenvalue weighted by Gasteiger charge is 2.44. The molecule has 0 aliphatic heterocycles. The van der Waals surface area contributed by atoms with Gasteiger partial charge in [0.05, 0.1) is 11.0 Å². The Balaban J connectivity index is 1.92. The highest BCUT2D eigenvalue weighted by Crippen LogP contribution is 2.52. The van der Waals surface area contributed by atoms with Gasteiger partial charge < -0.3 is 0 Å². The molecule has 4 aromatic rings. The van der Waals surface area contributed by atoms with Crippen molar-refractivity contribution < 1.29 is 0 Å². The molecule has 0 radical (unpaired) electrons. The monoisotopic (exact) mass is 381 g/mol. The summed E-state index contributed by atoms with van der Waals surface area (Å²) in [6, 6.07) is 19.3.